The number of ether oxygens (including phenoxy) is 1. The van der Waals surface area contributed by atoms with E-state index in [0.29, 0.717) is 0 Å². The third kappa shape index (κ3) is 1.30. The quantitative estimate of drug-likeness (QED) is 0.407. The van der Waals surface area contributed by atoms with Gasteiger partial charge in [-0.15, -0.1) is 0 Å². The number of hydrogen-bond acceptors (Lipinski definition) is 1. The highest BCUT2D eigenvalue weighted by atomic mass is 16.5. The zero-order valence-electron chi connectivity index (χ0n) is 5.26. The van der Waals surface area contributed by atoms with Crippen molar-refractivity contribution in [2.75, 3.05) is 26.3 Å². The normalized spacial score (nSPS) is 20.9. The summed E-state index contributed by atoms with van der Waals surface area (Å²) in [6, 6.07) is 0. The third-order valence-corrected chi connectivity index (χ3v) is 1.41. The molecule has 0 aromatic rings. The molecule has 1 aliphatic rings. The van der Waals surface area contributed by atoms with Gasteiger partial charge in [0.05, 0.1) is 0 Å². The Morgan fingerprint density at radius 1 is 1.38 bits per heavy atom. The van der Waals surface area contributed by atoms with Gasteiger partial charge >= 0.3 is 0 Å². The molecule has 0 radical (unpaired) electrons. The molecule has 46 valence electrons. The summed E-state index contributed by atoms with van der Waals surface area (Å²) < 4.78 is 7.41. The highest BCUT2D eigenvalue weighted by Crippen LogP contribution is 1.86. The van der Waals surface area contributed by atoms with Crippen LogP contribution in [0.5, 0.6) is 0 Å². The molecular weight excluding hydrogens is 102 g/mol. The number of morpholine rings is 1. The van der Waals surface area contributed by atoms with E-state index in [1.54, 1.807) is 0 Å². The van der Waals surface area contributed by atoms with E-state index in [-0.39, 0.29) is 0 Å². The van der Waals surface area contributed by atoms with Crippen molar-refractivity contribution in [1.29, 1.82) is 0 Å². The van der Waals surface area contributed by atoms with Gasteiger partial charge in [0.1, 0.15) is 19.4 Å². The Balaban J connectivity index is 2.33. The van der Waals surface area contributed by atoms with Gasteiger partial charge in [-0.1, -0.05) is 0 Å². The van der Waals surface area contributed by atoms with Gasteiger partial charge in [0.2, 0.25) is 0 Å². The molecule has 0 N–H and O–H groups in total. The highest BCUT2D eigenvalue weighted by molar-refractivity contribution is 5.46. The average Bonchev–Trinajstić information content (AvgIpc) is 1.90. The standard InChI is InChI=1S/C6H12NO/c1-2-7-3-5-8-6-4-7/h2H,3-6H2,1H3/q+1. The van der Waals surface area contributed by atoms with Crippen molar-refractivity contribution < 1.29 is 9.31 Å². The van der Waals surface area contributed by atoms with Crippen molar-refractivity contribution >= 4 is 6.21 Å². The summed E-state index contributed by atoms with van der Waals surface area (Å²) in [6.45, 7) is 5.98. The van der Waals surface area contributed by atoms with Gasteiger partial charge < -0.3 is 4.74 Å². The Morgan fingerprint density at radius 3 is 2.38 bits per heavy atom. The van der Waals surface area contributed by atoms with Crippen LogP contribution in [0.15, 0.2) is 0 Å². The highest BCUT2D eigenvalue weighted by Gasteiger charge is 2.07. The first-order chi connectivity index (χ1) is 3.93. The van der Waals surface area contributed by atoms with E-state index in [9.17, 15) is 0 Å². The van der Waals surface area contributed by atoms with E-state index < -0.39 is 0 Å². The Morgan fingerprint density at radius 2 is 2.00 bits per heavy atom. The topological polar surface area (TPSA) is 12.2 Å². The molecule has 0 saturated carbocycles. The molecular formula is C6H12NO+. The Bertz CT molecular complexity index is 90.7. The number of hydrogen-bond donors (Lipinski definition) is 0. The molecule has 0 bridgehead atoms. The zero-order valence-corrected chi connectivity index (χ0v) is 5.26. The molecule has 0 unspecified atom stereocenters. The number of rotatable bonds is 0. The second-order valence-corrected chi connectivity index (χ2v) is 1.91. The molecule has 1 aliphatic heterocycles. The Kier molecular flexibility index (Phi) is 2.03. The van der Waals surface area contributed by atoms with Gasteiger partial charge in [-0.05, 0) is 0 Å². The second-order valence-electron chi connectivity index (χ2n) is 1.91. The fourth-order valence-electron chi connectivity index (χ4n) is 0.836. The molecule has 1 fully saturated rings. The lowest BCUT2D eigenvalue weighted by Crippen LogP contribution is -2.28. The summed E-state index contributed by atoms with van der Waals surface area (Å²) in [7, 11) is 0. The van der Waals surface area contributed by atoms with Crippen LogP contribution in [-0.2, 0) is 4.74 Å². The van der Waals surface area contributed by atoms with E-state index in [1.807, 2.05) is 0 Å². The lowest BCUT2D eigenvalue weighted by atomic mass is 10.5. The van der Waals surface area contributed by atoms with Crippen molar-refractivity contribution in [2.24, 2.45) is 0 Å². The maximum absolute atomic E-state index is 5.14. The second kappa shape index (κ2) is 2.82. The summed E-state index contributed by atoms with van der Waals surface area (Å²) in [6.07, 6.45) is 2.11. The molecule has 0 aromatic carbocycles. The van der Waals surface area contributed by atoms with Crippen LogP contribution in [0.3, 0.4) is 0 Å². The van der Waals surface area contributed by atoms with E-state index in [1.165, 1.54) is 0 Å². The minimum atomic E-state index is 0.893. The van der Waals surface area contributed by atoms with Crippen LogP contribution in [0.2, 0.25) is 0 Å². The predicted octanol–water partition coefficient (Wildman–Crippen LogP) is 0.120. The minimum absolute atomic E-state index is 0.893. The van der Waals surface area contributed by atoms with Gasteiger partial charge in [0.25, 0.3) is 0 Å². The first-order valence-electron chi connectivity index (χ1n) is 3.05. The Hall–Kier alpha value is -0.370. The molecule has 8 heavy (non-hydrogen) atoms. The van der Waals surface area contributed by atoms with E-state index in [2.05, 4.69) is 17.7 Å². The maximum atomic E-state index is 5.14. The molecule has 0 spiro atoms. The lowest BCUT2D eigenvalue weighted by molar-refractivity contribution is -0.545. The zero-order chi connectivity index (χ0) is 5.82. The smallest absolute Gasteiger partial charge is 0.165 e. The van der Waals surface area contributed by atoms with Crippen LogP contribution >= 0.6 is 0 Å². The average molecular weight is 114 g/mol. The van der Waals surface area contributed by atoms with Crippen molar-refractivity contribution in [1.82, 2.24) is 0 Å². The van der Waals surface area contributed by atoms with Crippen molar-refractivity contribution in [3.8, 4) is 0 Å². The van der Waals surface area contributed by atoms with Crippen LogP contribution in [0.1, 0.15) is 6.92 Å². The molecule has 1 rings (SSSR count). The first kappa shape index (κ1) is 5.76. The fourth-order valence-corrected chi connectivity index (χ4v) is 0.836. The molecule has 2 heteroatoms. The van der Waals surface area contributed by atoms with E-state index in [0.717, 1.165) is 26.3 Å². The lowest BCUT2D eigenvalue weighted by Gasteiger charge is -2.09. The van der Waals surface area contributed by atoms with E-state index >= 15 is 0 Å². The monoisotopic (exact) mass is 114 g/mol. The molecule has 1 heterocycles. The van der Waals surface area contributed by atoms with Gasteiger partial charge in [0, 0.05) is 6.92 Å². The predicted molar refractivity (Wildman–Crippen MR) is 32.6 cm³/mol. The van der Waals surface area contributed by atoms with E-state index in [4.69, 9.17) is 4.74 Å². The molecule has 2 nitrogen and oxygen atoms in total. The molecule has 0 aromatic heterocycles. The van der Waals surface area contributed by atoms with Crippen LogP contribution in [0, 0.1) is 0 Å². The van der Waals surface area contributed by atoms with Gasteiger partial charge in [-0.25, -0.2) is 4.58 Å². The summed E-state index contributed by atoms with van der Waals surface area (Å²) in [5.74, 6) is 0. The minimum Gasteiger partial charge on any atom is -0.368 e. The number of nitrogens with zero attached hydrogens (tertiary/aromatic N) is 1. The summed E-state index contributed by atoms with van der Waals surface area (Å²) in [4.78, 5) is 0. The van der Waals surface area contributed by atoms with Crippen LogP contribution < -0.4 is 0 Å². The van der Waals surface area contributed by atoms with Gasteiger partial charge in [-0.2, -0.15) is 0 Å². The largest absolute Gasteiger partial charge is 0.368 e. The SMILES string of the molecule is CC=[N+]1CCOCC1. The third-order valence-electron chi connectivity index (χ3n) is 1.41. The van der Waals surface area contributed by atoms with Gasteiger partial charge in [-0.3, -0.25) is 0 Å². The molecule has 1 saturated heterocycles. The van der Waals surface area contributed by atoms with Crippen LogP contribution in [-0.4, -0.2) is 37.1 Å². The van der Waals surface area contributed by atoms with Crippen molar-refractivity contribution in [3.05, 3.63) is 0 Å². The summed E-state index contributed by atoms with van der Waals surface area (Å²) >= 11 is 0. The van der Waals surface area contributed by atoms with Gasteiger partial charge in [0.15, 0.2) is 13.1 Å². The first-order valence-corrected chi connectivity index (χ1v) is 3.05. The summed E-state index contributed by atoms with van der Waals surface area (Å²) in [5.41, 5.74) is 0. The van der Waals surface area contributed by atoms with Crippen LogP contribution in [0.25, 0.3) is 0 Å². The van der Waals surface area contributed by atoms with Crippen molar-refractivity contribution in [3.63, 3.8) is 0 Å². The van der Waals surface area contributed by atoms with Crippen LogP contribution in [0.4, 0.5) is 0 Å². The van der Waals surface area contributed by atoms with Crippen molar-refractivity contribution in [2.45, 2.75) is 6.92 Å². The summed E-state index contributed by atoms with van der Waals surface area (Å²) in [5, 5.41) is 0. The molecule has 0 amide bonds. The molecule has 0 atom stereocenters. The maximum Gasteiger partial charge on any atom is 0.165 e. The Labute approximate surface area is 49.8 Å². The fraction of sp³-hybridized carbons (Fsp3) is 0.833. The molecule has 0 aliphatic carbocycles.